The number of ether oxygens (including phenoxy) is 1. The third-order valence-electron chi connectivity index (χ3n) is 6.07. The molecule has 2 atom stereocenters. The van der Waals surface area contributed by atoms with Gasteiger partial charge in [0.1, 0.15) is 22.7 Å². The zero-order valence-electron chi connectivity index (χ0n) is 14.7. The fourth-order valence-electron chi connectivity index (χ4n) is 4.80. The van der Waals surface area contributed by atoms with Crippen LogP contribution in [0.4, 0.5) is 13.2 Å². The second kappa shape index (κ2) is 5.34. The maximum absolute atomic E-state index is 13.7. The van der Waals surface area contributed by atoms with Crippen LogP contribution in [0.3, 0.4) is 0 Å². The summed E-state index contributed by atoms with van der Waals surface area (Å²) in [6, 6.07) is 4.49. The summed E-state index contributed by atoms with van der Waals surface area (Å²) in [7, 11) is 1.48. The second-order valence-electron chi connectivity index (χ2n) is 7.66. The zero-order valence-corrected chi connectivity index (χ0v) is 14.7. The standard InChI is InChI=1S/C19H19F3N2O2/c1-18(2)13-6-7-19(18,14-5-4-10(20)8-11(13)14)26-17(25)12-9-24(3)23-15(12)16(21)22/h4-5,8-9,13,16H,6-7H2,1-3H3. The molecule has 1 aromatic carbocycles. The quantitative estimate of drug-likeness (QED) is 0.755. The number of rotatable bonds is 3. The summed E-state index contributed by atoms with van der Waals surface area (Å²) in [4.78, 5) is 12.8. The van der Waals surface area contributed by atoms with Gasteiger partial charge in [-0.3, -0.25) is 4.68 Å². The lowest BCUT2D eigenvalue weighted by atomic mass is 9.76. The molecule has 4 nitrogen and oxygen atoms in total. The van der Waals surface area contributed by atoms with Crippen LogP contribution in [0.1, 0.15) is 66.2 Å². The normalized spacial score (nSPS) is 25.6. The molecule has 1 aromatic heterocycles. The number of aryl methyl sites for hydroxylation is 1. The lowest BCUT2D eigenvalue weighted by molar-refractivity contribution is -0.0685. The minimum atomic E-state index is -2.87. The Hall–Kier alpha value is -2.31. The Balaban J connectivity index is 1.77. The van der Waals surface area contributed by atoms with Gasteiger partial charge in [0.15, 0.2) is 0 Å². The van der Waals surface area contributed by atoms with Gasteiger partial charge < -0.3 is 4.74 Å². The highest BCUT2D eigenvalue weighted by atomic mass is 19.3. The highest BCUT2D eigenvalue weighted by Gasteiger charge is 2.65. The van der Waals surface area contributed by atoms with Crippen LogP contribution in [0.5, 0.6) is 0 Å². The van der Waals surface area contributed by atoms with E-state index in [2.05, 4.69) is 5.10 Å². The summed E-state index contributed by atoms with van der Waals surface area (Å²) in [5, 5.41) is 3.67. The van der Waals surface area contributed by atoms with E-state index in [1.807, 2.05) is 13.8 Å². The predicted molar refractivity (Wildman–Crippen MR) is 87.4 cm³/mol. The molecule has 4 rings (SSSR count). The highest BCUT2D eigenvalue weighted by molar-refractivity contribution is 5.91. The molecule has 0 radical (unpaired) electrons. The van der Waals surface area contributed by atoms with Crippen LogP contribution < -0.4 is 0 Å². The van der Waals surface area contributed by atoms with Crippen molar-refractivity contribution in [3.63, 3.8) is 0 Å². The number of aromatic nitrogens is 2. The lowest BCUT2D eigenvalue weighted by Gasteiger charge is -2.38. The van der Waals surface area contributed by atoms with Crippen molar-refractivity contribution in [3.05, 3.63) is 52.6 Å². The fraction of sp³-hybridized carbons (Fsp3) is 0.474. The van der Waals surface area contributed by atoms with Crippen molar-refractivity contribution in [3.8, 4) is 0 Å². The Morgan fingerprint density at radius 2 is 2.12 bits per heavy atom. The van der Waals surface area contributed by atoms with Gasteiger partial charge in [0.2, 0.25) is 0 Å². The lowest BCUT2D eigenvalue weighted by Crippen LogP contribution is -2.39. The number of nitrogens with zero attached hydrogens (tertiary/aromatic N) is 2. The van der Waals surface area contributed by atoms with E-state index in [1.54, 1.807) is 6.07 Å². The number of hydrogen-bond donors (Lipinski definition) is 0. The van der Waals surface area contributed by atoms with Crippen molar-refractivity contribution in [2.24, 2.45) is 12.5 Å². The van der Waals surface area contributed by atoms with E-state index in [4.69, 9.17) is 4.74 Å². The Morgan fingerprint density at radius 1 is 1.38 bits per heavy atom. The van der Waals surface area contributed by atoms with Crippen LogP contribution in [0.15, 0.2) is 24.4 Å². The molecule has 138 valence electrons. The molecular formula is C19H19F3N2O2. The summed E-state index contributed by atoms with van der Waals surface area (Å²) < 4.78 is 47.2. The summed E-state index contributed by atoms with van der Waals surface area (Å²) in [6.07, 6.45) is -0.281. The molecule has 0 spiro atoms. The number of hydrogen-bond acceptors (Lipinski definition) is 3. The summed E-state index contributed by atoms with van der Waals surface area (Å²) >= 11 is 0. The third-order valence-corrected chi connectivity index (χ3v) is 6.07. The van der Waals surface area contributed by atoms with Crippen LogP contribution in [0.25, 0.3) is 0 Å². The summed E-state index contributed by atoms with van der Waals surface area (Å²) in [5.74, 6) is -1.09. The van der Waals surface area contributed by atoms with Gasteiger partial charge in [-0.1, -0.05) is 19.9 Å². The number of halogens is 3. The fourth-order valence-corrected chi connectivity index (χ4v) is 4.80. The molecule has 1 saturated carbocycles. The SMILES string of the molecule is Cn1cc(C(=O)OC23CCC(c4cc(F)ccc42)C3(C)C)c(C(F)F)n1. The molecule has 2 aliphatic rings. The van der Waals surface area contributed by atoms with Crippen molar-refractivity contribution < 1.29 is 22.7 Å². The van der Waals surface area contributed by atoms with Gasteiger partial charge >= 0.3 is 5.97 Å². The van der Waals surface area contributed by atoms with E-state index in [0.29, 0.717) is 6.42 Å². The average Bonchev–Trinajstić information content (AvgIpc) is 3.12. The van der Waals surface area contributed by atoms with Gasteiger partial charge in [-0.25, -0.2) is 18.0 Å². The number of carbonyl (C=O) groups is 1. The van der Waals surface area contributed by atoms with Crippen LogP contribution in [-0.4, -0.2) is 15.7 Å². The largest absolute Gasteiger partial charge is 0.450 e. The first-order valence-electron chi connectivity index (χ1n) is 8.52. The molecule has 2 bridgehead atoms. The van der Waals surface area contributed by atoms with E-state index in [-0.39, 0.29) is 17.3 Å². The molecule has 2 aliphatic carbocycles. The maximum atomic E-state index is 13.7. The zero-order chi connectivity index (χ0) is 18.9. The minimum absolute atomic E-state index is 0.0597. The molecule has 26 heavy (non-hydrogen) atoms. The number of benzene rings is 1. The van der Waals surface area contributed by atoms with E-state index >= 15 is 0 Å². The van der Waals surface area contributed by atoms with Crippen LogP contribution in [-0.2, 0) is 17.4 Å². The van der Waals surface area contributed by atoms with Crippen molar-refractivity contribution in [1.82, 2.24) is 9.78 Å². The molecule has 0 N–H and O–H groups in total. The van der Waals surface area contributed by atoms with Crippen molar-refractivity contribution in [1.29, 1.82) is 0 Å². The topological polar surface area (TPSA) is 44.1 Å². The van der Waals surface area contributed by atoms with E-state index < -0.39 is 29.1 Å². The number of carbonyl (C=O) groups excluding carboxylic acids is 1. The first kappa shape index (κ1) is 17.1. The second-order valence-corrected chi connectivity index (χ2v) is 7.66. The molecule has 1 heterocycles. The smallest absolute Gasteiger partial charge is 0.342 e. The van der Waals surface area contributed by atoms with Crippen molar-refractivity contribution >= 4 is 5.97 Å². The van der Waals surface area contributed by atoms with Gasteiger partial charge in [0.05, 0.1) is 0 Å². The van der Waals surface area contributed by atoms with Crippen LogP contribution >= 0.6 is 0 Å². The molecule has 0 amide bonds. The average molecular weight is 364 g/mol. The molecular weight excluding hydrogens is 345 g/mol. The Kier molecular flexibility index (Phi) is 3.52. The summed E-state index contributed by atoms with van der Waals surface area (Å²) in [5.41, 5.74) is -0.602. The van der Waals surface area contributed by atoms with Gasteiger partial charge in [0, 0.05) is 18.7 Å². The predicted octanol–water partition coefficient (Wildman–Crippen LogP) is 4.47. The third kappa shape index (κ3) is 2.09. The van der Waals surface area contributed by atoms with Gasteiger partial charge in [-0.15, -0.1) is 0 Å². The van der Waals surface area contributed by atoms with Gasteiger partial charge in [-0.2, -0.15) is 5.10 Å². The molecule has 2 aromatic rings. The molecule has 0 aliphatic heterocycles. The first-order valence-corrected chi connectivity index (χ1v) is 8.52. The van der Waals surface area contributed by atoms with Crippen molar-refractivity contribution in [2.45, 2.75) is 44.6 Å². The van der Waals surface area contributed by atoms with Gasteiger partial charge in [-0.05, 0) is 42.0 Å². The molecule has 2 unspecified atom stereocenters. The highest BCUT2D eigenvalue weighted by Crippen LogP contribution is 2.68. The van der Waals surface area contributed by atoms with Crippen LogP contribution in [0.2, 0.25) is 0 Å². The first-order chi connectivity index (χ1) is 12.2. The maximum Gasteiger partial charge on any atom is 0.342 e. The Labute approximate surface area is 149 Å². The monoisotopic (exact) mass is 364 g/mol. The van der Waals surface area contributed by atoms with Gasteiger partial charge in [0.25, 0.3) is 6.43 Å². The Morgan fingerprint density at radius 3 is 2.81 bits per heavy atom. The van der Waals surface area contributed by atoms with E-state index in [1.165, 1.54) is 30.1 Å². The number of alkyl halides is 2. The Bertz CT molecular complexity index is 906. The molecule has 0 saturated heterocycles. The summed E-state index contributed by atoms with van der Waals surface area (Å²) in [6.45, 7) is 3.96. The van der Waals surface area contributed by atoms with Crippen molar-refractivity contribution in [2.75, 3.05) is 0 Å². The number of fused-ring (bicyclic) bond motifs is 5. The minimum Gasteiger partial charge on any atom is -0.450 e. The number of esters is 1. The van der Waals surface area contributed by atoms with Crippen LogP contribution in [0, 0.1) is 11.2 Å². The molecule has 1 fully saturated rings. The van der Waals surface area contributed by atoms with E-state index in [9.17, 15) is 18.0 Å². The molecule has 7 heteroatoms. The van der Waals surface area contributed by atoms with E-state index in [0.717, 1.165) is 17.5 Å².